The van der Waals surface area contributed by atoms with E-state index in [9.17, 15) is 9.18 Å². The Bertz CT molecular complexity index is 686. The van der Waals surface area contributed by atoms with Crippen molar-refractivity contribution in [2.45, 2.75) is 26.7 Å². The van der Waals surface area contributed by atoms with E-state index in [2.05, 4.69) is 10.3 Å². The van der Waals surface area contributed by atoms with E-state index in [1.54, 1.807) is 19.1 Å². The van der Waals surface area contributed by atoms with Crippen molar-refractivity contribution in [1.82, 2.24) is 4.98 Å². The van der Waals surface area contributed by atoms with E-state index >= 15 is 0 Å². The summed E-state index contributed by atoms with van der Waals surface area (Å²) in [4.78, 5) is 16.4. The van der Waals surface area contributed by atoms with Crippen molar-refractivity contribution in [3.63, 3.8) is 0 Å². The molecule has 2 rings (SSSR count). The van der Waals surface area contributed by atoms with E-state index in [1.807, 2.05) is 13.8 Å². The van der Waals surface area contributed by atoms with Crippen LogP contribution in [0.25, 0.3) is 0 Å². The quantitative estimate of drug-likeness (QED) is 0.845. The Morgan fingerprint density at radius 3 is 2.62 bits per heavy atom. The normalized spacial score (nSPS) is 10.8. The zero-order chi connectivity index (χ0) is 15.6. The summed E-state index contributed by atoms with van der Waals surface area (Å²) >= 11 is 5.93. The van der Waals surface area contributed by atoms with Crippen LogP contribution in [0.15, 0.2) is 30.3 Å². The predicted molar refractivity (Wildman–Crippen MR) is 82.4 cm³/mol. The number of nitrogens with one attached hydrogen (secondary N) is 1. The summed E-state index contributed by atoms with van der Waals surface area (Å²) < 4.78 is 13.8. The number of aryl methyl sites for hydroxylation is 1. The molecule has 0 fully saturated rings. The van der Waals surface area contributed by atoms with Gasteiger partial charge in [-0.15, -0.1) is 0 Å². The highest BCUT2D eigenvalue weighted by molar-refractivity contribution is 6.29. The summed E-state index contributed by atoms with van der Waals surface area (Å²) in [6, 6.07) is 7.77. The number of hydrogen-bond donors (Lipinski definition) is 1. The number of hydrogen-bond acceptors (Lipinski definition) is 2. The van der Waals surface area contributed by atoms with Gasteiger partial charge in [0.1, 0.15) is 11.0 Å². The van der Waals surface area contributed by atoms with Crippen molar-refractivity contribution in [1.29, 1.82) is 0 Å². The molecule has 0 aliphatic carbocycles. The first-order chi connectivity index (χ1) is 9.86. The number of benzene rings is 1. The maximum Gasteiger partial charge on any atom is 0.255 e. The Morgan fingerprint density at radius 2 is 2.00 bits per heavy atom. The molecule has 0 atom stereocenters. The summed E-state index contributed by atoms with van der Waals surface area (Å²) in [5.41, 5.74) is 2.01. The van der Waals surface area contributed by atoms with E-state index in [0.29, 0.717) is 5.56 Å². The van der Waals surface area contributed by atoms with E-state index < -0.39 is 11.7 Å². The fraction of sp³-hybridized carbons (Fsp3) is 0.250. The molecule has 1 amide bonds. The molecular formula is C16H16ClFN2O. The van der Waals surface area contributed by atoms with Crippen LogP contribution in [0.4, 0.5) is 10.1 Å². The van der Waals surface area contributed by atoms with Crippen LogP contribution in [0.1, 0.15) is 41.4 Å². The molecule has 1 heterocycles. The molecule has 0 radical (unpaired) electrons. The van der Waals surface area contributed by atoms with Crippen molar-refractivity contribution in [2.75, 3.05) is 5.32 Å². The summed E-state index contributed by atoms with van der Waals surface area (Å²) in [6.07, 6.45) is 0. The molecule has 0 aliphatic heterocycles. The minimum atomic E-state index is -0.465. The second-order valence-corrected chi connectivity index (χ2v) is 5.58. The maximum atomic E-state index is 13.8. The zero-order valence-corrected chi connectivity index (χ0v) is 12.8. The highest BCUT2D eigenvalue weighted by Gasteiger charge is 2.13. The van der Waals surface area contributed by atoms with Crippen LogP contribution in [0.5, 0.6) is 0 Å². The first-order valence-electron chi connectivity index (χ1n) is 6.62. The average Bonchev–Trinajstić information content (AvgIpc) is 2.41. The van der Waals surface area contributed by atoms with Crippen molar-refractivity contribution in [3.05, 3.63) is 58.1 Å². The molecule has 0 saturated heterocycles. The van der Waals surface area contributed by atoms with Crippen LogP contribution in [0, 0.1) is 12.7 Å². The van der Waals surface area contributed by atoms with Crippen molar-refractivity contribution >= 4 is 23.2 Å². The van der Waals surface area contributed by atoms with E-state index in [-0.39, 0.29) is 16.8 Å². The topological polar surface area (TPSA) is 42.0 Å². The molecule has 1 aromatic carbocycles. The number of rotatable bonds is 3. The molecule has 3 nitrogen and oxygen atoms in total. The summed E-state index contributed by atoms with van der Waals surface area (Å²) in [7, 11) is 0. The SMILES string of the molecule is Cc1ccc(NC(=O)c2cc(Cl)nc(C(C)C)c2)c(F)c1. The van der Waals surface area contributed by atoms with Gasteiger partial charge >= 0.3 is 0 Å². The lowest BCUT2D eigenvalue weighted by molar-refractivity contribution is 0.102. The van der Waals surface area contributed by atoms with Crippen molar-refractivity contribution < 1.29 is 9.18 Å². The first kappa shape index (κ1) is 15.4. The Morgan fingerprint density at radius 1 is 1.29 bits per heavy atom. The Labute approximate surface area is 128 Å². The van der Waals surface area contributed by atoms with Gasteiger partial charge in [-0.3, -0.25) is 4.79 Å². The summed E-state index contributed by atoms with van der Waals surface area (Å²) in [6.45, 7) is 5.70. The van der Waals surface area contributed by atoms with Gasteiger partial charge in [-0.25, -0.2) is 9.37 Å². The lowest BCUT2D eigenvalue weighted by atomic mass is 10.1. The van der Waals surface area contributed by atoms with Gasteiger partial charge in [0.2, 0.25) is 0 Å². The molecule has 0 saturated carbocycles. The molecule has 2 aromatic rings. The number of nitrogens with zero attached hydrogens (tertiary/aromatic N) is 1. The molecule has 0 unspecified atom stereocenters. The van der Waals surface area contributed by atoms with E-state index in [0.717, 1.165) is 11.3 Å². The molecule has 0 bridgehead atoms. The van der Waals surface area contributed by atoms with Crippen LogP contribution in [0.2, 0.25) is 5.15 Å². The lowest BCUT2D eigenvalue weighted by Crippen LogP contribution is -2.14. The monoisotopic (exact) mass is 306 g/mol. The number of carbonyl (C=O) groups is 1. The number of aromatic nitrogens is 1. The predicted octanol–water partition coefficient (Wildman–Crippen LogP) is 4.56. The standard InChI is InChI=1S/C16H16ClFN2O/c1-9(2)14-7-11(8-15(17)19-14)16(21)20-13-5-4-10(3)6-12(13)18/h4-9H,1-3H3,(H,20,21). The van der Waals surface area contributed by atoms with Gasteiger partial charge in [0.15, 0.2) is 0 Å². The zero-order valence-electron chi connectivity index (χ0n) is 12.1. The van der Waals surface area contributed by atoms with Crippen LogP contribution in [-0.4, -0.2) is 10.9 Å². The molecule has 1 N–H and O–H groups in total. The Kier molecular flexibility index (Phi) is 4.58. The van der Waals surface area contributed by atoms with Crippen LogP contribution < -0.4 is 5.32 Å². The molecular weight excluding hydrogens is 291 g/mol. The number of amides is 1. The highest BCUT2D eigenvalue weighted by atomic mass is 35.5. The summed E-state index contributed by atoms with van der Waals surface area (Å²) in [5, 5.41) is 2.79. The second kappa shape index (κ2) is 6.22. The van der Waals surface area contributed by atoms with Gasteiger partial charge in [-0.1, -0.05) is 31.5 Å². The second-order valence-electron chi connectivity index (χ2n) is 5.20. The largest absolute Gasteiger partial charge is 0.319 e. The van der Waals surface area contributed by atoms with E-state index in [4.69, 9.17) is 11.6 Å². The van der Waals surface area contributed by atoms with Gasteiger partial charge in [0.05, 0.1) is 5.69 Å². The fourth-order valence-corrected chi connectivity index (χ4v) is 2.08. The van der Waals surface area contributed by atoms with Gasteiger partial charge < -0.3 is 5.32 Å². The molecule has 21 heavy (non-hydrogen) atoms. The van der Waals surface area contributed by atoms with Crippen LogP contribution >= 0.6 is 11.6 Å². The lowest BCUT2D eigenvalue weighted by Gasteiger charge is -2.10. The van der Waals surface area contributed by atoms with Gasteiger partial charge in [-0.2, -0.15) is 0 Å². The molecule has 0 aliphatic rings. The molecule has 5 heteroatoms. The Balaban J connectivity index is 2.28. The number of halogens is 2. The molecule has 0 spiro atoms. The fourth-order valence-electron chi connectivity index (χ4n) is 1.86. The van der Waals surface area contributed by atoms with Gasteiger partial charge in [0, 0.05) is 11.3 Å². The van der Waals surface area contributed by atoms with Gasteiger partial charge in [0.25, 0.3) is 5.91 Å². The molecule has 110 valence electrons. The first-order valence-corrected chi connectivity index (χ1v) is 6.99. The third kappa shape index (κ3) is 3.79. The van der Waals surface area contributed by atoms with Crippen molar-refractivity contribution in [2.24, 2.45) is 0 Å². The minimum absolute atomic E-state index is 0.143. The number of pyridine rings is 1. The Hall–Kier alpha value is -1.94. The van der Waals surface area contributed by atoms with Gasteiger partial charge in [-0.05, 0) is 42.7 Å². The van der Waals surface area contributed by atoms with E-state index in [1.165, 1.54) is 18.2 Å². The highest BCUT2D eigenvalue weighted by Crippen LogP contribution is 2.20. The third-order valence-corrected chi connectivity index (χ3v) is 3.23. The van der Waals surface area contributed by atoms with Crippen LogP contribution in [-0.2, 0) is 0 Å². The number of anilines is 1. The van der Waals surface area contributed by atoms with Crippen molar-refractivity contribution in [3.8, 4) is 0 Å². The average molecular weight is 307 g/mol. The number of carbonyl (C=O) groups excluding carboxylic acids is 1. The minimum Gasteiger partial charge on any atom is -0.319 e. The summed E-state index contributed by atoms with van der Waals surface area (Å²) in [5.74, 6) is -0.733. The third-order valence-electron chi connectivity index (χ3n) is 3.04. The smallest absolute Gasteiger partial charge is 0.255 e. The molecule has 1 aromatic heterocycles. The van der Waals surface area contributed by atoms with Crippen LogP contribution in [0.3, 0.4) is 0 Å². The maximum absolute atomic E-state index is 13.8.